The zero-order valence-electron chi connectivity index (χ0n) is 18.5. The Balaban J connectivity index is 1.63. The molecule has 0 amide bonds. The lowest BCUT2D eigenvalue weighted by Crippen LogP contribution is -2.36. The van der Waals surface area contributed by atoms with E-state index in [1.165, 1.54) is 0 Å². The van der Waals surface area contributed by atoms with E-state index in [2.05, 4.69) is 79.4 Å². The van der Waals surface area contributed by atoms with Gasteiger partial charge in [0.2, 0.25) is 0 Å². The van der Waals surface area contributed by atoms with Crippen LogP contribution in [0.4, 0.5) is 0 Å². The molecule has 3 aromatic rings. The smallest absolute Gasteiger partial charge is 0.143 e. The summed E-state index contributed by atoms with van der Waals surface area (Å²) >= 11 is 0. The lowest BCUT2D eigenvalue weighted by Gasteiger charge is -2.36. The maximum Gasteiger partial charge on any atom is 0.143 e. The third-order valence-corrected chi connectivity index (χ3v) is 6.26. The second-order valence-electron chi connectivity index (χ2n) is 8.40. The minimum absolute atomic E-state index is 0.0473. The first kappa shape index (κ1) is 22.5. The van der Waals surface area contributed by atoms with Crippen LogP contribution in [0.2, 0.25) is 0 Å². The second kappa shape index (κ2) is 10.7. The molecule has 0 saturated carbocycles. The maximum absolute atomic E-state index is 10.4. The zero-order valence-corrected chi connectivity index (χ0v) is 18.5. The molecule has 0 spiro atoms. The van der Waals surface area contributed by atoms with Crippen molar-refractivity contribution in [2.24, 2.45) is 0 Å². The van der Waals surface area contributed by atoms with Gasteiger partial charge in [0.15, 0.2) is 0 Å². The van der Waals surface area contributed by atoms with Crippen LogP contribution < -0.4 is 0 Å². The Morgan fingerprint density at radius 3 is 1.84 bits per heavy atom. The van der Waals surface area contributed by atoms with Crippen LogP contribution in [0.15, 0.2) is 104 Å². The second-order valence-corrected chi connectivity index (χ2v) is 8.40. The third kappa shape index (κ3) is 4.86. The molecule has 1 N–H and O–H groups in total. The van der Waals surface area contributed by atoms with Crippen LogP contribution in [0.3, 0.4) is 0 Å². The predicted octanol–water partition coefficient (Wildman–Crippen LogP) is 5.87. The molecule has 3 heteroatoms. The molecule has 166 valence electrons. The number of allylic oxidation sites excluding steroid dienone is 1. The highest BCUT2D eigenvalue weighted by Gasteiger charge is 2.39. The fourth-order valence-corrected chi connectivity index (χ4v) is 4.60. The molecule has 1 aliphatic heterocycles. The van der Waals surface area contributed by atoms with Crippen molar-refractivity contribution in [1.82, 2.24) is 0 Å². The fourth-order valence-electron chi connectivity index (χ4n) is 4.60. The van der Waals surface area contributed by atoms with Crippen molar-refractivity contribution in [1.29, 1.82) is 0 Å². The molecule has 0 bridgehead atoms. The molecule has 1 saturated heterocycles. The van der Waals surface area contributed by atoms with Crippen molar-refractivity contribution >= 4 is 0 Å². The van der Waals surface area contributed by atoms with Crippen molar-refractivity contribution in [2.75, 3.05) is 6.61 Å². The Morgan fingerprint density at radius 2 is 1.38 bits per heavy atom. The van der Waals surface area contributed by atoms with Gasteiger partial charge in [0, 0.05) is 0 Å². The molecule has 0 aliphatic carbocycles. The minimum Gasteiger partial charge on any atom is -0.390 e. The summed E-state index contributed by atoms with van der Waals surface area (Å²) in [6.45, 7) is 4.19. The summed E-state index contributed by atoms with van der Waals surface area (Å²) in [6.07, 6.45) is 4.40. The third-order valence-electron chi connectivity index (χ3n) is 6.26. The average Bonchev–Trinajstić information content (AvgIpc) is 3.34. The molecule has 0 aromatic heterocycles. The molecule has 3 aromatic carbocycles. The molecule has 0 unspecified atom stereocenters. The van der Waals surface area contributed by atoms with E-state index in [-0.39, 0.29) is 12.2 Å². The maximum atomic E-state index is 10.4. The van der Waals surface area contributed by atoms with Crippen molar-refractivity contribution in [2.45, 2.75) is 49.6 Å². The van der Waals surface area contributed by atoms with E-state index in [4.69, 9.17) is 9.47 Å². The fraction of sp³-hybridized carbons (Fsp3) is 0.310. The lowest BCUT2D eigenvalue weighted by molar-refractivity contribution is -0.0865. The predicted molar refractivity (Wildman–Crippen MR) is 128 cm³/mol. The van der Waals surface area contributed by atoms with Gasteiger partial charge in [-0.25, -0.2) is 0 Å². The van der Waals surface area contributed by atoms with Gasteiger partial charge in [-0.15, -0.1) is 6.58 Å². The molecular formula is C29H32O3. The molecular weight excluding hydrogens is 396 g/mol. The first-order valence-corrected chi connectivity index (χ1v) is 11.5. The van der Waals surface area contributed by atoms with Crippen LogP contribution in [0, 0.1) is 0 Å². The van der Waals surface area contributed by atoms with E-state index in [1.807, 2.05) is 24.3 Å². The lowest BCUT2D eigenvalue weighted by atomic mass is 9.80. The van der Waals surface area contributed by atoms with Gasteiger partial charge in [-0.05, 0) is 42.4 Å². The standard InChI is InChI=1S/C29H32O3/c1-2-3-19-27(30)28-21-20-26(32-28)22-31-29(23-13-7-4-8-14-23,24-15-9-5-10-16-24)25-17-11-6-12-18-25/h2,4-18,26-28,30H,1,3,19-22H2/t26-,27-,28-/m1/s1. The first-order valence-electron chi connectivity index (χ1n) is 11.5. The summed E-state index contributed by atoms with van der Waals surface area (Å²) in [6, 6.07) is 31.1. The Hall–Kier alpha value is -2.72. The summed E-state index contributed by atoms with van der Waals surface area (Å²) in [5, 5.41) is 10.4. The quantitative estimate of drug-likeness (QED) is 0.324. The number of hydrogen-bond acceptors (Lipinski definition) is 3. The first-order chi connectivity index (χ1) is 15.7. The van der Waals surface area contributed by atoms with E-state index in [9.17, 15) is 5.11 Å². The normalized spacial score (nSPS) is 19.5. The molecule has 32 heavy (non-hydrogen) atoms. The van der Waals surface area contributed by atoms with Crippen molar-refractivity contribution in [3.63, 3.8) is 0 Å². The van der Waals surface area contributed by atoms with E-state index in [1.54, 1.807) is 0 Å². The van der Waals surface area contributed by atoms with Crippen molar-refractivity contribution in [3.05, 3.63) is 120 Å². The summed E-state index contributed by atoms with van der Waals surface area (Å²) in [4.78, 5) is 0. The molecule has 1 fully saturated rings. The highest BCUT2D eigenvalue weighted by molar-refractivity contribution is 5.47. The highest BCUT2D eigenvalue weighted by Crippen LogP contribution is 2.41. The van der Waals surface area contributed by atoms with E-state index < -0.39 is 11.7 Å². The number of rotatable bonds is 10. The number of ether oxygens (including phenoxy) is 2. The van der Waals surface area contributed by atoms with Gasteiger partial charge in [-0.1, -0.05) is 97.1 Å². The summed E-state index contributed by atoms with van der Waals surface area (Å²) < 4.78 is 13.1. The van der Waals surface area contributed by atoms with Crippen LogP contribution in [0.1, 0.15) is 42.4 Å². The molecule has 1 heterocycles. The Kier molecular flexibility index (Phi) is 7.54. The number of aliphatic hydroxyl groups is 1. The van der Waals surface area contributed by atoms with E-state index >= 15 is 0 Å². The summed E-state index contributed by atoms with van der Waals surface area (Å²) in [5.41, 5.74) is 2.50. The Bertz CT molecular complexity index is 859. The van der Waals surface area contributed by atoms with Crippen LogP contribution in [0.5, 0.6) is 0 Å². The van der Waals surface area contributed by atoms with Crippen LogP contribution in [-0.2, 0) is 15.1 Å². The van der Waals surface area contributed by atoms with Gasteiger partial charge < -0.3 is 14.6 Å². The Morgan fingerprint density at radius 1 is 0.875 bits per heavy atom. The largest absolute Gasteiger partial charge is 0.390 e. The van der Waals surface area contributed by atoms with Crippen molar-refractivity contribution < 1.29 is 14.6 Å². The highest BCUT2D eigenvalue weighted by atomic mass is 16.6. The molecule has 3 nitrogen and oxygen atoms in total. The van der Waals surface area contributed by atoms with Crippen molar-refractivity contribution in [3.8, 4) is 0 Å². The molecule has 3 atom stereocenters. The van der Waals surface area contributed by atoms with Gasteiger partial charge in [0.05, 0.1) is 24.9 Å². The number of benzene rings is 3. The monoisotopic (exact) mass is 428 g/mol. The van der Waals surface area contributed by atoms with Gasteiger partial charge in [-0.2, -0.15) is 0 Å². The Labute approximate surface area is 191 Å². The topological polar surface area (TPSA) is 38.7 Å². The molecule has 0 radical (unpaired) electrons. The van der Waals surface area contributed by atoms with Gasteiger partial charge in [-0.3, -0.25) is 0 Å². The van der Waals surface area contributed by atoms with Gasteiger partial charge in [0.1, 0.15) is 5.60 Å². The van der Waals surface area contributed by atoms with Crippen LogP contribution in [0.25, 0.3) is 0 Å². The van der Waals surface area contributed by atoms with E-state index in [0.29, 0.717) is 13.0 Å². The number of hydrogen-bond donors (Lipinski definition) is 1. The summed E-state index contributed by atoms with van der Waals surface area (Å²) in [7, 11) is 0. The van der Waals surface area contributed by atoms with Crippen LogP contribution >= 0.6 is 0 Å². The van der Waals surface area contributed by atoms with Crippen LogP contribution in [-0.4, -0.2) is 30.0 Å². The average molecular weight is 429 g/mol. The van der Waals surface area contributed by atoms with Gasteiger partial charge in [0.25, 0.3) is 0 Å². The zero-order chi connectivity index (χ0) is 22.2. The minimum atomic E-state index is -0.743. The number of aliphatic hydroxyl groups excluding tert-OH is 1. The van der Waals surface area contributed by atoms with Gasteiger partial charge >= 0.3 is 0 Å². The molecule has 1 aliphatic rings. The summed E-state index contributed by atoms with van der Waals surface area (Å²) in [5.74, 6) is 0. The molecule has 4 rings (SSSR count). The SMILES string of the molecule is C=CCC[C@@H](O)[C@H]1CC[C@H](COC(c2ccccc2)(c2ccccc2)c2ccccc2)O1. The van der Waals surface area contributed by atoms with E-state index in [0.717, 1.165) is 36.0 Å².